The van der Waals surface area contributed by atoms with E-state index in [9.17, 15) is 0 Å². The van der Waals surface area contributed by atoms with E-state index in [-0.39, 0.29) is 0 Å². The number of pyridine rings is 1. The molecular formula is C19H28N2. The number of rotatable bonds is 8. The van der Waals surface area contributed by atoms with Crippen molar-refractivity contribution in [1.29, 1.82) is 0 Å². The van der Waals surface area contributed by atoms with Crippen LogP contribution in [0.1, 0.15) is 52.1 Å². The van der Waals surface area contributed by atoms with Crippen molar-refractivity contribution in [2.75, 3.05) is 6.54 Å². The summed E-state index contributed by atoms with van der Waals surface area (Å²) in [7, 11) is 0. The van der Waals surface area contributed by atoms with Gasteiger partial charge in [0, 0.05) is 18.5 Å². The Morgan fingerprint density at radius 3 is 2.67 bits per heavy atom. The lowest BCUT2D eigenvalue weighted by atomic mass is 9.87. The zero-order valence-corrected chi connectivity index (χ0v) is 13.7. The SMILES string of the molecule is CCCCCC(C)(C)CNCc1ccc2ccccc2n1. The summed E-state index contributed by atoms with van der Waals surface area (Å²) in [6, 6.07) is 12.6. The van der Waals surface area contributed by atoms with Crippen LogP contribution in [0.15, 0.2) is 36.4 Å². The maximum Gasteiger partial charge on any atom is 0.0705 e. The fourth-order valence-corrected chi connectivity index (χ4v) is 2.68. The molecule has 114 valence electrons. The molecule has 2 rings (SSSR count). The molecule has 0 bridgehead atoms. The molecule has 21 heavy (non-hydrogen) atoms. The molecule has 1 aromatic heterocycles. The summed E-state index contributed by atoms with van der Waals surface area (Å²) in [6.45, 7) is 8.86. The van der Waals surface area contributed by atoms with Crippen LogP contribution in [0, 0.1) is 5.41 Å². The summed E-state index contributed by atoms with van der Waals surface area (Å²) >= 11 is 0. The lowest BCUT2D eigenvalue weighted by Gasteiger charge is -2.25. The van der Waals surface area contributed by atoms with Crippen LogP contribution in [0.3, 0.4) is 0 Å². The summed E-state index contributed by atoms with van der Waals surface area (Å²) in [5.41, 5.74) is 2.57. The number of aromatic nitrogens is 1. The molecule has 0 saturated carbocycles. The highest BCUT2D eigenvalue weighted by molar-refractivity contribution is 5.78. The largest absolute Gasteiger partial charge is 0.311 e. The van der Waals surface area contributed by atoms with Gasteiger partial charge in [-0.1, -0.05) is 64.3 Å². The van der Waals surface area contributed by atoms with Crippen LogP contribution in [0.5, 0.6) is 0 Å². The van der Waals surface area contributed by atoms with Crippen LogP contribution >= 0.6 is 0 Å². The Balaban J connectivity index is 1.84. The van der Waals surface area contributed by atoms with E-state index in [1.807, 2.05) is 6.07 Å². The van der Waals surface area contributed by atoms with Gasteiger partial charge in [-0.2, -0.15) is 0 Å². The van der Waals surface area contributed by atoms with Gasteiger partial charge in [-0.15, -0.1) is 0 Å². The van der Waals surface area contributed by atoms with E-state index in [4.69, 9.17) is 4.98 Å². The summed E-state index contributed by atoms with van der Waals surface area (Å²) in [5.74, 6) is 0. The summed E-state index contributed by atoms with van der Waals surface area (Å²) in [4.78, 5) is 4.71. The molecule has 0 atom stereocenters. The molecule has 1 aromatic carbocycles. The van der Waals surface area contributed by atoms with Crippen LogP contribution in [0.25, 0.3) is 10.9 Å². The van der Waals surface area contributed by atoms with Crippen molar-refractivity contribution in [3.8, 4) is 0 Å². The highest BCUT2D eigenvalue weighted by atomic mass is 14.9. The molecule has 0 saturated heterocycles. The average Bonchev–Trinajstić information content (AvgIpc) is 2.47. The van der Waals surface area contributed by atoms with Crippen LogP contribution in [0.2, 0.25) is 0 Å². The van der Waals surface area contributed by atoms with E-state index < -0.39 is 0 Å². The molecule has 0 aliphatic heterocycles. The molecule has 2 nitrogen and oxygen atoms in total. The molecule has 2 heteroatoms. The highest BCUT2D eigenvalue weighted by Gasteiger charge is 2.16. The maximum absolute atomic E-state index is 4.71. The van der Waals surface area contributed by atoms with E-state index >= 15 is 0 Å². The third-order valence-corrected chi connectivity index (χ3v) is 4.02. The van der Waals surface area contributed by atoms with Crippen molar-refractivity contribution >= 4 is 10.9 Å². The zero-order chi connectivity index (χ0) is 15.1. The van der Waals surface area contributed by atoms with E-state index in [1.54, 1.807) is 0 Å². The van der Waals surface area contributed by atoms with Gasteiger partial charge >= 0.3 is 0 Å². The van der Waals surface area contributed by atoms with Gasteiger partial charge in [0.2, 0.25) is 0 Å². The van der Waals surface area contributed by atoms with E-state index in [0.29, 0.717) is 5.41 Å². The quantitative estimate of drug-likeness (QED) is 0.695. The van der Waals surface area contributed by atoms with E-state index in [2.05, 4.69) is 56.4 Å². The maximum atomic E-state index is 4.71. The second kappa shape index (κ2) is 7.56. The first-order valence-electron chi connectivity index (χ1n) is 8.16. The lowest BCUT2D eigenvalue weighted by Crippen LogP contribution is -2.29. The van der Waals surface area contributed by atoms with Crippen molar-refractivity contribution in [2.45, 2.75) is 53.0 Å². The van der Waals surface area contributed by atoms with Gasteiger partial charge < -0.3 is 5.32 Å². The van der Waals surface area contributed by atoms with E-state index in [0.717, 1.165) is 24.3 Å². The first-order valence-corrected chi connectivity index (χ1v) is 8.16. The monoisotopic (exact) mass is 284 g/mol. The predicted octanol–water partition coefficient (Wildman–Crippen LogP) is 4.93. The molecule has 0 aliphatic carbocycles. The Labute approximate surface area is 129 Å². The number of para-hydroxylation sites is 1. The first-order chi connectivity index (χ1) is 10.1. The fraction of sp³-hybridized carbons (Fsp3) is 0.526. The second-order valence-corrected chi connectivity index (χ2v) is 6.72. The molecule has 2 aromatic rings. The Morgan fingerprint density at radius 2 is 1.86 bits per heavy atom. The number of fused-ring (bicyclic) bond motifs is 1. The lowest BCUT2D eigenvalue weighted by molar-refractivity contribution is 0.301. The Morgan fingerprint density at radius 1 is 1.05 bits per heavy atom. The van der Waals surface area contributed by atoms with Gasteiger partial charge in [0.1, 0.15) is 0 Å². The topological polar surface area (TPSA) is 24.9 Å². The molecule has 1 heterocycles. The Hall–Kier alpha value is -1.41. The van der Waals surface area contributed by atoms with Crippen molar-refractivity contribution in [2.24, 2.45) is 5.41 Å². The molecule has 0 fully saturated rings. The predicted molar refractivity (Wildman–Crippen MR) is 91.4 cm³/mol. The van der Waals surface area contributed by atoms with Gasteiger partial charge in [0.25, 0.3) is 0 Å². The molecule has 0 aliphatic rings. The van der Waals surface area contributed by atoms with Gasteiger partial charge in [0.15, 0.2) is 0 Å². The number of hydrogen-bond acceptors (Lipinski definition) is 2. The molecule has 0 radical (unpaired) electrons. The van der Waals surface area contributed by atoms with Gasteiger partial charge in [-0.3, -0.25) is 4.98 Å². The van der Waals surface area contributed by atoms with Crippen LogP contribution < -0.4 is 5.32 Å². The molecule has 0 amide bonds. The number of nitrogens with zero attached hydrogens (tertiary/aromatic N) is 1. The minimum atomic E-state index is 0.367. The second-order valence-electron chi connectivity index (χ2n) is 6.72. The van der Waals surface area contributed by atoms with Gasteiger partial charge in [-0.05, 0) is 24.0 Å². The molecule has 0 spiro atoms. The Kier molecular flexibility index (Phi) is 5.75. The summed E-state index contributed by atoms with van der Waals surface area (Å²) in [6.07, 6.45) is 5.26. The standard InChI is InChI=1S/C19H28N2/c1-4-5-8-13-19(2,3)15-20-14-17-12-11-16-9-6-7-10-18(16)21-17/h6-7,9-12,20H,4-5,8,13-15H2,1-3H3. The van der Waals surface area contributed by atoms with E-state index in [1.165, 1.54) is 31.1 Å². The number of unbranched alkanes of at least 4 members (excludes halogenated alkanes) is 2. The number of hydrogen-bond donors (Lipinski definition) is 1. The smallest absolute Gasteiger partial charge is 0.0705 e. The number of nitrogens with one attached hydrogen (secondary N) is 1. The van der Waals surface area contributed by atoms with Gasteiger partial charge in [-0.25, -0.2) is 0 Å². The van der Waals surface area contributed by atoms with Gasteiger partial charge in [0.05, 0.1) is 11.2 Å². The van der Waals surface area contributed by atoms with Crippen molar-refractivity contribution < 1.29 is 0 Å². The summed E-state index contributed by atoms with van der Waals surface area (Å²) in [5, 5.41) is 4.78. The normalized spacial score (nSPS) is 12.0. The first kappa shape index (κ1) is 16.0. The fourth-order valence-electron chi connectivity index (χ4n) is 2.68. The van der Waals surface area contributed by atoms with Crippen LogP contribution in [-0.4, -0.2) is 11.5 Å². The third kappa shape index (κ3) is 5.13. The van der Waals surface area contributed by atoms with Crippen LogP contribution in [0.4, 0.5) is 0 Å². The van der Waals surface area contributed by atoms with Crippen molar-refractivity contribution in [3.05, 3.63) is 42.1 Å². The molecular weight excluding hydrogens is 256 g/mol. The van der Waals surface area contributed by atoms with Crippen LogP contribution in [-0.2, 0) is 6.54 Å². The van der Waals surface area contributed by atoms with Crippen molar-refractivity contribution in [1.82, 2.24) is 10.3 Å². The highest BCUT2D eigenvalue weighted by Crippen LogP contribution is 2.22. The number of benzene rings is 1. The molecule has 0 unspecified atom stereocenters. The average molecular weight is 284 g/mol. The van der Waals surface area contributed by atoms with Crippen molar-refractivity contribution in [3.63, 3.8) is 0 Å². The Bertz CT molecular complexity index is 560. The molecule has 1 N–H and O–H groups in total. The summed E-state index contributed by atoms with van der Waals surface area (Å²) < 4.78 is 0. The third-order valence-electron chi connectivity index (χ3n) is 4.02. The zero-order valence-electron chi connectivity index (χ0n) is 13.7. The minimum absolute atomic E-state index is 0.367. The minimum Gasteiger partial charge on any atom is -0.311 e.